The van der Waals surface area contributed by atoms with Crippen LogP contribution in [0.5, 0.6) is 0 Å². The van der Waals surface area contributed by atoms with Crippen molar-refractivity contribution in [2.75, 3.05) is 31.9 Å². The van der Waals surface area contributed by atoms with Gasteiger partial charge in [0.2, 0.25) is 5.95 Å². The molecule has 2 saturated heterocycles. The minimum atomic E-state index is -0.0684. The number of amides is 1. The predicted molar refractivity (Wildman–Crippen MR) is 108 cm³/mol. The average molecular weight is 394 g/mol. The molecule has 0 radical (unpaired) electrons. The Bertz CT molecular complexity index is 980. The van der Waals surface area contributed by atoms with E-state index in [1.807, 2.05) is 15.5 Å². The van der Waals surface area contributed by atoms with Crippen LogP contribution in [-0.2, 0) is 13.1 Å². The fraction of sp³-hybridized carbons (Fsp3) is 0.524. The molecule has 2 aromatic rings. The zero-order chi connectivity index (χ0) is 20.0. The van der Waals surface area contributed by atoms with Crippen LogP contribution in [0.1, 0.15) is 46.8 Å². The maximum atomic E-state index is 13.1. The first kappa shape index (κ1) is 18.3. The van der Waals surface area contributed by atoms with Gasteiger partial charge >= 0.3 is 0 Å². The fourth-order valence-corrected chi connectivity index (χ4v) is 5.09. The van der Waals surface area contributed by atoms with Gasteiger partial charge in [0.25, 0.3) is 11.5 Å². The zero-order valence-electron chi connectivity index (χ0n) is 16.5. The van der Waals surface area contributed by atoms with Gasteiger partial charge in [-0.3, -0.25) is 14.5 Å². The molecule has 0 unspecified atom stereocenters. The molecule has 3 aliphatic heterocycles. The summed E-state index contributed by atoms with van der Waals surface area (Å²) < 4.78 is 1.97. The van der Waals surface area contributed by atoms with Crippen LogP contribution in [0.2, 0.25) is 0 Å². The largest absolute Gasteiger partial charge is 0.368 e. The highest BCUT2D eigenvalue weighted by atomic mass is 16.2. The van der Waals surface area contributed by atoms with Crippen LogP contribution in [0, 0.1) is 5.92 Å². The van der Waals surface area contributed by atoms with Gasteiger partial charge in [0.05, 0.1) is 5.56 Å². The molecule has 0 aliphatic carbocycles. The maximum Gasteiger partial charge on any atom is 0.257 e. The van der Waals surface area contributed by atoms with Crippen LogP contribution in [0.25, 0.3) is 0 Å². The van der Waals surface area contributed by atoms with Gasteiger partial charge in [-0.2, -0.15) is 0 Å². The second-order valence-electron chi connectivity index (χ2n) is 8.52. The van der Waals surface area contributed by atoms with Crippen molar-refractivity contribution in [1.29, 1.82) is 0 Å². The Morgan fingerprint density at radius 2 is 1.86 bits per heavy atom. The number of nitrogen functional groups attached to an aromatic ring is 1. The van der Waals surface area contributed by atoms with Crippen LogP contribution >= 0.6 is 0 Å². The number of nitrogens with zero attached hydrogens (tertiary/aromatic N) is 5. The number of hydrogen-bond donors (Lipinski definition) is 1. The van der Waals surface area contributed by atoms with Gasteiger partial charge in [0.1, 0.15) is 0 Å². The number of pyridine rings is 1. The van der Waals surface area contributed by atoms with E-state index in [1.54, 1.807) is 0 Å². The molecule has 2 bridgehead atoms. The van der Waals surface area contributed by atoms with E-state index in [2.05, 4.69) is 20.9 Å². The number of anilines is 1. The van der Waals surface area contributed by atoms with Gasteiger partial charge in [0, 0.05) is 55.7 Å². The molecular weight excluding hydrogens is 368 g/mol. The van der Waals surface area contributed by atoms with Crippen molar-refractivity contribution < 1.29 is 4.79 Å². The summed E-state index contributed by atoms with van der Waals surface area (Å²) in [5, 5.41) is 0. The van der Waals surface area contributed by atoms with Crippen LogP contribution in [-0.4, -0.2) is 56.4 Å². The van der Waals surface area contributed by atoms with E-state index in [-0.39, 0.29) is 23.3 Å². The van der Waals surface area contributed by atoms with Crippen molar-refractivity contribution in [3.8, 4) is 0 Å². The van der Waals surface area contributed by atoms with E-state index >= 15 is 0 Å². The number of hydrogen-bond acceptors (Lipinski definition) is 6. The molecule has 3 aliphatic rings. The second kappa shape index (κ2) is 7.26. The molecule has 29 heavy (non-hydrogen) atoms. The van der Waals surface area contributed by atoms with Gasteiger partial charge in [-0.1, -0.05) is 6.07 Å². The molecule has 0 spiro atoms. The number of carbonyl (C=O) groups excluding carboxylic acids is 1. The van der Waals surface area contributed by atoms with Gasteiger partial charge in [-0.05, 0) is 44.3 Å². The summed E-state index contributed by atoms with van der Waals surface area (Å²) in [6, 6.07) is 4.11. The van der Waals surface area contributed by atoms with Gasteiger partial charge in [-0.25, -0.2) is 9.97 Å². The molecule has 152 valence electrons. The number of nitrogens with two attached hydrogens (primary N) is 1. The number of carbonyl (C=O) groups is 1. The standard InChI is InChI=1S/C21H26N6O2/c22-21-23-8-17(9-24-21)19(28)26-10-14-7-16(13-26)18-4-3-15(20(29)27(18)11-14)12-25-5-1-2-6-25/h3-4,8-9,14,16H,1-2,5-7,10-13H2,(H2,22,23,24)/t14-,16+/m0/s1. The molecule has 2 aromatic heterocycles. The lowest BCUT2D eigenvalue weighted by molar-refractivity contribution is 0.0593. The number of piperidine rings is 1. The first-order valence-corrected chi connectivity index (χ1v) is 10.4. The van der Waals surface area contributed by atoms with Gasteiger partial charge in [-0.15, -0.1) is 0 Å². The Morgan fingerprint density at radius 1 is 1.10 bits per heavy atom. The zero-order valence-corrected chi connectivity index (χ0v) is 16.5. The molecule has 2 N–H and O–H groups in total. The summed E-state index contributed by atoms with van der Waals surface area (Å²) >= 11 is 0. The third-order valence-corrected chi connectivity index (χ3v) is 6.48. The number of aromatic nitrogens is 3. The summed E-state index contributed by atoms with van der Waals surface area (Å²) in [6.07, 6.45) is 6.43. The van der Waals surface area contributed by atoms with Crippen LogP contribution < -0.4 is 11.3 Å². The molecule has 5 rings (SSSR count). The Hall–Kier alpha value is -2.74. The van der Waals surface area contributed by atoms with Gasteiger partial charge < -0.3 is 15.2 Å². The Morgan fingerprint density at radius 3 is 2.62 bits per heavy atom. The first-order chi connectivity index (χ1) is 14.1. The monoisotopic (exact) mass is 394 g/mol. The lowest BCUT2D eigenvalue weighted by atomic mass is 9.82. The fourth-order valence-electron chi connectivity index (χ4n) is 5.09. The Kier molecular flexibility index (Phi) is 4.58. The highest BCUT2D eigenvalue weighted by Gasteiger charge is 2.37. The van der Waals surface area contributed by atoms with Crippen molar-refractivity contribution in [3.63, 3.8) is 0 Å². The van der Waals surface area contributed by atoms with E-state index in [1.165, 1.54) is 25.2 Å². The molecule has 2 fully saturated rings. The molecule has 0 aromatic carbocycles. The van der Waals surface area contributed by atoms with Crippen molar-refractivity contribution in [2.24, 2.45) is 5.92 Å². The van der Waals surface area contributed by atoms with E-state index in [9.17, 15) is 9.59 Å². The summed E-state index contributed by atoms with van der Waals surface area (Å²) in [5.74, 6) is 0.575. The maximum absolute atomic E-state index is 13.1. The third-order valence-electron chi connectivity index (χ3n) is 6.48. The Labute approximate surface area is 169 Å². The van der Waals surface area contributed by atoms with E-state index < -0.39 is 0 Å². The second-order valence-corrected chi connectivity index (χ2v) is 8.52. The predicted octanol–water partition coefficient (Wildman–Crippen LogP) is 1.08. The van der Waals surface area contributed by atoms with Crippen LogP contribution in [0.4, 0.5) is 5.95 Å². The smallest absolute Gasteiger partial charge is 0.257 e. The molecule has 0 saturated carbocycles. The highest BCUT2D eigenvalue weighted by molar-refractivity contribution is 5.93. The quantitative estimate of drug-likeness (QED) is 0.837. The van der Waals surface area contributed by atoms with Crippen LogP contribution in [0.3, 0.4) is 0 Å². The lowest BCUT2D eigenvalue weighted by Gasteiger charge is -2.43. The Balaban J connectivity index is 1.38. The molecule has 5 heterocycles. The van der Waals surface area contributed by atoms with Crippen molar-refractivity contribution in [3.05, 3.63) is 51.7 Å². The van der Waals surface area contributed by atoms with E-state index in [0.29, 0.717) is 31.1 Å². The first-order valence-electron chi connectivity index (χ1n) is 10.4. The summed E-state index contributed by atoms with van der Waals surface area (Å²) in [5.41, 5.74) is 8.08. The van der Waals surface area contributed by atoms with Crippen molar-refractivity contribution >= 4 is 11.9 Å². The van der Waals surface area contributed by atoms with Gasteiger partial charge in [0.15, 0.2) is 0 Å². The summed E-state index contributed by atoms with van der Waals surface area (Å²) in [7, 11) is 0. The van der Waals surface area contributed by atoms with E-state index in [0.717, 1.165) is 37.3 Å². The SMILES string of the molecule is Nc1ncc(C(=O)N2C[C@@H]3C[C@H](C2)c2ccc(CN4CCCC4)c(=O)n2C3)cn1. The number of rotatable bonds is 3. The summed E-state index contributed by atoms with van der Waals surface area (Å²) in [4.78, 5) is 38.1. The summed E-state index contributed by atoms with van der Waals surface area (Å²) in [6.45, 7) is 4.86. The molecule has 1 amide bonds. The normalized spacial score (nSPS) is 23.8. The topological polar surface area (TPSA) is 97.4 Å². The molecular formula is C21H26N6O2. The van der Waals surface area contributed by atoms with Crippen molar-refractivity contribution in [1.82, 2.24) is 24.3 Å². The van der Waals surface area contributed by atoms with Crippen LogP contribution in [0.15, 0.2) is 29.3 Å². The van der Waals surface area contributed by atoms with Crippen molar-refractivity contribution in [2.45, 2.75) is 38.3 Å². The molecule has 8 nitrogen and oxygen atoms in total. The average Bonchev–Trinajstić information content (AvgIpc) is 3.23. The molecule has 2 atom stereocenters. The van der Waals surface area contributed by atoms with E-state index in [4.69, 9.17) is 5.73 Å². The molecule has 8 heteroatoms. The third kappa shape index (κ3) is 3.42. The number of fused-ring (bicyclic) bond motifs is 4. The minimum Gasteiger partial charge on any atom is -0.368 e. The lowest BCUT2D eigenvalue weighted by Crippen LogP contribution is -2.49. The number of likely N-dealkylation sites (tertiary alicyclic amines) is 2. The highest BCUT2D eigenvalue weighted by Crippen LogP contribution is 2.35. The minimum absolute atomic E-state index is 0.0684.